The molecular formula is C40H50N8O7. The Kier molecular flexibility index (Phi) is 10.6. The fraction of sp³-hybridized carbons (Fsp3) is 0.525. The van der Waals surface area contributed by atoms with Crippen LogP contribution in [0.25, 0.3) is 11.3 Å². The number of hydrogen-bond donors (Lipinski definition) is 3. The van der Waals surface area contributed by atoms with E-state index in [4.69, 9.17) is 24.5 Å². The summed E-state index contributed by atoms with van der Waals surface area (Å²) in [5, 5.41) is 32.3. The number of nitrogens with two attached hydrogens (primary N) is 1. The second-order valence-corrected chi connectivity index (χ2v) is 15.6. The maximum absolute atomic E-state index is 11.6. The molecule has 2 unspecified atom stereocenters. The number of aromatic hydroxyl groups is 1. The fourth-order valence-corrected chi connectivity index (χ4v) is 8.55. The van der Waals surface area contributed by atoms with Crippen LogP contribution in [0.2, 0.25) is 0 Å². The third-order valence-corrected chi connectivity index (χ3v) is 11.5. The average molecular weight is 755 g/mol. The van der Waals surface area contributed by atoms with E-state index >= 15 is 0 Å². The van der Waals surface area contributed by atoms with E-state index in [1.54, 1.807) is 18.2 Å². The molecule has 0 radical (unpaired) electrons. The van der Waals surface area contributed by atoms with Gasteiger partial charge in [0.05, 0.1) is 23.6 Å². The van der Waals surface area contributed by atoms with Crippen LogP contribution in [0.3, 0.4) is 0 Å². The zero-order valence-corrected chi connectivity index (χ0v) is 31.4. The van der Waals surface area contributed by atoms with Crippen LogP contribution in [-0.4, -0.2) is 111 Å². The number of benzene rings is 1. The number of ether oxygens (including phenoxy) is 3. The van der Waals surface area contributed by atoms with Gasteiger partial charge >= 0.3 is 5.97 Å². The van der Waals surface area contributed by atoms with Crippen molar-refractivity contribution in [2.24, 2.45) is 5.92 Å². The first-order valence-corrected chi connectivity index (χ1v) is 19.5. The molecule has 292 valence electrons. The van der Waals surface area contributed by atoms with E-state index in [1.807, 2.05) is 38.2 Å². The lowest BCUT2D eigenvalue weighted by molar-refractivity contribution is -0.140. The molecule has 1 aliphatic carbocycles. The first-order chi connectivity index (χ1) is 26.7. The number of para-hydroxylation sites is 1. The van der Waals surface area contributed by atoms with Crippen LogP contribution in [0.4, 0.5) is 17.2 Å². The number of anilines is 3. The molecule has 4 aromatic rings. The maximum atomic E-state index is 11.6. The molecule has 1 saturated carbocycles. The summed E-state index contributed by atoms with van der Waals surface area (Å²) in [6.45, 7) is 8.35. The monoisotopic (exact) mass is 754 g/mol. The molecule has 6 heterocycles. The van der Waals surface area contributed by atoms with Gasteiger partial charge in [-0.3, -0.25) is 9.69 Å². The SMILES string of the molecule is CC(C)[C@@H](C(=O)O)c1cc(OCCN2CCC(OC3CC(Oc4cc(N5C6CCC5CN(c5cc(-c7ccccc7O)nnc5N)C6)ccn4)C3)CC2)no1. The number of carboxylic acids is 1. The quantitative estimate of drug-likeness (QED) is 0.157. The molecule has 4 fully saturated rings. The van der Waals surface area contributed by atoms with Crippen molar-refractivity contribution in [1.29, 1.82) is 0 Å². The third-order valence-electron chi connectivity index (χ3n) is 11.5. The van der Waals surface area contributed by atoms with Crippen LogP contribution in [0.15, 0.2) is 59.3 Å². The third kappa shape index (κ3) is 8.13. The van der Waals surface area contributed by atoms with Gasteiger partial charge in [-0.05, 0) is 61.0 Å². The van der Waals surface area contributed by atoms with Crippen molar-refractivity contribution in [3.8, 4) is 28.8 Å². The smallest absolute Gasteiger partial charge is 0.314 e. The summed E-state index contributed by atoms with van der Waals surface area (Å²) in [5.41, 5.74) is 9.55. The van der Waals surface area contributed by atoms with Crippen molar-refractivity contribution in [2.75, 3.05) is 54.9 Å². The lowest BCUT2D eigenvalue weighted by atomic mass is 9.91. The van der Waals surface area contributed by atoms with Gasteiger partial charge in [-0.2, -0.15) is 0 Å². The minimum atomic E-state index is -0.932. The first kappa shape index (κ1) is 36.8. The molecule has 3 aliphatic heterocycles. The normalized spacial score (nSPS) is 23.5. The van der Waals surface area contributed by atoms with Crippen LogP contribution in [0.1, 0.15) is 64.1 Å². The number of nitrogens with zero attached hydrogens (tertiary/aromatic N) is 7. The van der Waals surface area contributed by atoms with E-state index in [-0.39, 0.29) is 30.0 Å². The zero-order valence-electron chi connectivity index (χ0n) is 31.4. The van der Waals surface area contributed by atoms with Crippen LogP contribution < -0.4 is 25.0 Å². The summed E-state index contributed by atoms with van der Waals surface area (Å²) in [7, 11) is 0. The van der Waals surface area contributed by atoms with Crippen molar-refractivity contribution < 1.29 is 33.7 Å². The summed E-state index contributed by atoms with van der Waals surface area (Å²) < 4.78 is 23.8. The highest BCUT2D eigenvalue weighted by atomic mass is 16.5. The molecule has 1 aromatic carbocycles. The Labute approximate surface area is 320 Å². The average Bonchev–Trinajstić information content (AvgIpc) is 3.72. The number of rotatable bonds is 14. The molecule has 0 amide bonds. The molecular weight excluding hydrogens is 704 g/mol. The number of fused-ring (bicyclic) bond motifs is 2. The lowest BCUT2D eigenvalue weighted by Gasteiger charge is -2.43. The number of carbonyl (C=O) groups is 1. The van der Waals surface area contributed by atoms with Gasteiger partial charge in [-0.1, -0.05) is 26.0 Å². The summed E-state index contributed by atoms with van der Waals surface area (Å²) in [6.07, 6.45) is 8.15. The standard InChI is InChI=1S/C40H50N8O7/c1-24(2)38(40(50)51)35-21-37(45-55-35)52-16-15-46-13-10-28(11-14-46)53-29-18-30(19-29)54-36-17-25(9-12-42-36)48-26-7-8-27(48)23-47(22-26)33-20-32(43-44-39(33)41)31-5-3-4-6-34(31)49/h3-6,9,12,17,20-21,24,26-30,38,49H,7-8,10-11,13-16,18-19,22-23H2,1-2H3,(H2,41,44)(H,50,51)/t26?,27?,29?,30?,38-/m1/s1. The van der Waals surface area contributed by atoms with Crippen molar-refractivity contribution in [2.45, 2.75) is 88.7 Å². The number of aliphatic carboxylic acids is 1. The Hall–Kier alpha value is -5.15. The molecule has 3 aromatic heterocycles. The maximum Gasteiger partial charge on any atom is 0.314 e. The number of phenols is 1. The van der Waals surface area contributed by atoms with Gasteiger partial charge in [0.2, 0.25) is 5.88 Å². The lowest BCUT2D eigenvalue weighted by Crippen LogP contribution is -2.54. The first-order valence-electron chi connectivity index (χ1n) is 19.5. The van der Waals surface area contributed by atoms with E-state index in [1.165, 1.54) is 0 Å². The molecule has 2 bridgehead atoms. The number of piperazine rings is 1. The van der Waals surface area contributed by atoms with Gasteiger partial charge in [-0.25, -0.2) is 4.98 Å². The molecule has 3 atom stereocenters. The Balaban J connectivity index is 0.770. The predicted molar refractivity (Wildman–Crippen MR) is 204 cm³/mol. The van der Waals surface area contributed by atoms with Crippen LogP contribution in [0.5, 0.6) is 17.5 Å². The van der Waals surface area contributed by atoms with Gasteiger partial charge in [0, 0.05) is 87.2 Å². The van der Waals surface area contributed by atoms with Crippen molar-refractivity contribution in [1.82, 2.24) is 25.2 Å². The van der Waals surface area contributed by atoms with Gasteiger partial charge in [0.15, 0.2) is 11.6 Å². The van der Waals surface area contributed by atoms with E-state index < -0.39 is 11.9 Å². The Morgan fingerprint density at radius 2 is 1.73 bits per heavy atom. The molecule has 0 spiro atoms. The topological polar surface area (TPSA) is 186 Å². The summed E-state index contributed by atoms with van der Waals surface area (Å²) in [5.74, 6) is 0.0476. The second kappa shape index (κ2) is 15.9. The largest absolute Gasteiger partial charge is 0.507 e. The summed E-state index contributed by atoms with van der Waals surface area (Å²) >= 11 is 0. The minimum Gasteiger partial charge on any atom is -0.507 e. The molecule has 55 heavy (non-hydrogen) atoms. The van der Waals surface area contributed by atoms with Crippen molar-refractivity contribution >= 4 is 23.2 Å². The van der Waals surface area contributed by atoms with E-state index in [2.05, 4.69) is 47.2 Å². The molecule has 4 N–H and O–H groups in total. The predicted octanol–water partition coefficient (Wildman–Crippen LogP) is 4.97. The minimum absolute atomic E-state index is 0.0855. The zero-order chi connectivity index (χ0) is 38.1. The highest BCUT2D eigenvalue weighted by Gasteiger charge is 2.41. The highest BCUT2D eigenvalue weighted by molar-refractivity contribution is 5.76. The number of likely N-dealkylation sites (tertiary alicyclic amines) is 1. The number of pyridine rings is 1. The highest BCUT2D eigenvalue weighted by Crippen LogP contribution is 2.40. The number of aromatic nitrogens is 4. The van der Waals surface area contributed by atoms with Gasteiger partial charge in [0.25, 0.3) is 5.88 Å². The summed E-state index contributed by atoms with van der Waals surface area (Å²) in [4.78, 5) is 23.3. The molecule has 4 aliphatic rings. The molecule has 8 rings (SSSR count). The molecule has 15 heteroatoms. The van der Waals surface area contributed by atoms with Gasteiger partial charge in [0.1, 0.15) is 24.4 Å². The van der Waals surface area contributed by atoms with Crippen LogP contribution >= 0.6 is 0 Å². The van der Waals surface area contributed by atoms with Gasteiger partial charge < -0.3 is 44.5 Å². The number of phenolic OH excluding ortho intramolecular Hbond substituents is 1. The van der Waals surface area contributed by atoms with E-state index in [9.17, 15) is 15.0 Å². The van der Waals surface area contributed by atoms with Gasteiger partial charge in [-0.15, -0.1) is 10.2 Å². The number of hydrogen-bond acceptors (Lipinski definition) is 14. The molecule has 3 saturated heterocycles. The second-order valence-electron chi connectivity index (χ2n) is 15.6. The van der Waals surface area contributed by atoms with E-state index in [0.717, 1.165) is 82.6 Å². The van der Waals surface area contributed by atoms with Crippen molar-refractivity contribution in [3.63, 3.8) is 0 Å². The van der Waals surface area contributed by atoms with Crippen LogP contribution in [-0.2, 0) is 9.53 Å². The van der Waals surface area contributed by atoms with Crippen LogP contribution in [0, 0.1) is 5.92 Å². The van der Waals surface area contributed by atoms with E-state index in [0.29, 0.717) is 53.3 Å². The van der Waals surface area contributed by atoms with Crippen molar-refractivity contribution in [3.05, 3.63) is 60.5 Å². The Morgan fingerprint density at radius 1 is 0.964 bits per heavy atom. The Morgan fingerprint density at radius 3 is 2.45 bits per heavy atom. The fourth-order valence-electron chi connectivity index (χ4n) is 8.55. The summed E-state index contributed by atoms with van der Waals surface area (Å²) in [6, 6.07) is 15.4. The number of carboxylic acid groups (broad SMARTS) is 1. The number of nitrogen functional groups attached to an aromatic ring is 1. The Bertz CT molecular complexity index is 1930. The number of piperidine rings is 1. The molecule has 15 nitrogen and oxygen atoms in total.